The molecular weight excluding hydrogens is 254 g/mol. The van der Waals surface area contributed by atoms with E-state index in [1.807, 2.05) is 6.92 Å². The maximum absolute atomic E-state index is 12.0. The summed E-state index contributed by atoms with van der Waals surface area (Å²) in [5.74, 6) is 5.97. The summed E-state index contributed by atoms with van der Waals surface area (Å²) in [6.45, 7) is 2.06. The average Bonchev–Trinajstić information content (AvgIpc) is 2.96. The number of benzene rings is 1. The topological polar surface area (TPSA) is 78.0 Å². The number of carbonyl (C=O) groups is 1. The van der Waals surface area contributed by atoms with Gasteiger partial charge in [-0.3, -0.25) is 4.79 Å². The Morgan fingerprint density at radius 1 is 1.50 bits per heavy atom. The van der Waals surface area contributed by atoms with Crippen LogP contribution in [0.3, 0.4) is 0 Å². The normalized spacial score (nSPS) is 9.70. The van der Waals surface area contributed by atoms with Crippen molar-refractivity contribution < 1.29 is 9.90 Å². The molecule has 0 aliphatic heterocycles. The summed E-state index contributed by atoms with van der Waals surface area (Å²) >= 11 is 0. The van der Waals surface area contributed by atoms with Crippen molar-refractivity contribution in [3.63, 3.8) is 0 Å². The van der Waals surface area contributed by atoms with Gasteiger partial charge in [-0.15, -0.1) is 0 Å². The van der Waals surface area contributed by atoms with Crippen LogP contribution in [0.4, 0.5) is 0 Å². The Labute approximate surface area is 117 Å². The van der Waals surface area contributed by atoms with E-state index in [1.54, 1.807) is 30.6 Å². The number of hydrogen-bond donors (Lipinski definition) is 3. The molecule has 1 amide bonds. The number of aromatic amines is 1. The Morgan fingerprint density at radius 2 is 2.35 bits per heavy atom. The van der Waals surface area contributed by atoms with Crippen molar-refractivity contribution in [2.24, 2.45) is 0 Å². The minimum absolute atomic E-state index is 0.161. The van der Waals surface area contributed by atoms with Crippen LogP contribution >= 0.6 is 0 Å². The fourth-order valence-electron chi connectivity index (χ4n) is 1.74. The monoisotopic (exact) mass is 269 g/mol. The molecule has 2 aromatic rings. The molecule has 0 unspecified atom stereocenters. The first-order valence-corrected chi connectivity index (χ1v) is 6.17. The zero-order valence-electron chi connectivity index (χ0n) is 11.1. The van der Waals surface area contributed by atoms with Gasteiger partial charge >= 0.3 is 0 Å². The highest BCUT2D eigenvalue weighted by molar-refractivity contribution is 5.94. The molecule has 0 spiro atoms. The van der Waals surface area contributed by atoms with E-state index in [4.69, 9.17) is 5.11 Å². The van der Waals surface area contributed by atoms with E-state index < -0.39 is 0 Å². The van der Waals surface area contributed by atoms with Crippen LogP contribution in [-0.4, -0.2) is 27.6 Å². The molecule has 20 heavy (non-hydrogen) atoms. The Kier molecular flexibility index (Phi) is 4.53. The first kappa shape index (κ1) is 13.8. The number of aliphatic hydroxyl groups is 1. The van der Waals surface area contributed by atoms with Gasteiger partial charge in [-0.2, -0.15) is 0 Å². The second-order valence-corrected chi connectivity index (χ2v) is 4.21. The summed E-state index contributed by atoms with van der Waals surface area (Å²) in [5, 5.41) is 11.5. The molecule has 5 heteroatoms. The molecule has 0 fully saturated rings. The predicted octanol–water partition coefficient (Wildman–Crippen LogP) is 0.992. The lowest BCUT2D eigenvalue weighted by Crippen LogP contribution is -2.23. The zero-order valence-corrected chi connectivity index (χ0v) is 11.1. The number of amides is 1. The van der Waals surface area contributed by atoms with Gasteiger partial charge in [0, 0.05) is 23.5 Å². The Bertz CT molecular complexity index is 651. The van der Waals surface area contributed by atoms with Crippen LogP contribution in [0, 0.1) is 18.8 Å². The second kappa shape index (κ2) is 6.55. The van der Waals surface area contributed by atoms with Crippen LogP contribution in [0.5, 0.6) is 0 Å². The summed E-state index contributed by atoms with van der Waals surface area (Å²) in [6, 6.07) is 5.27. The largest absolute Gasteiger partial charge is 0.384 e. The minimum atomic E-state index is -0.176. The van der Waals surface area contributed by atoms with Gasteiger partial charge in [0.05, 0.1) is 6.54 Å². The number of nitrogens with one attached hydrogen (secondary N) is 2. The molecule has 0 saturated heterocycles. The van der Waals surface area contributed by atoms with E-state index in [0.717, 1.165) is 11.1 Å². The van der Waals surface area contributed by atoms with E-state index in [-0.39, 0.29) is 12.5 Å². The number of imidazole rings is 1. The van der Waals surface area contributed by atoms with Crippen LogP contribution in [0.1, 0.15) is 27.3 Å². The molecule has 0 radical (unpaired) electrons. The summed E-state index contributed by atoms with van der Waals surface area (Å²) < 4.78 is 0. The summed E-state index contributed by atoms with van der Waals surface area (Å²) in [4.78, 5) is 18.9. The van der Waals surface area contributed by atoms with Crippen molar-refractivity contribution in [2.75, 3.05) is 6.61 Å². The van der Waals surface area contributed by atoms with Gasteiger partial charge in [-0.1, -0.05) is 11.8 Å². The van der Waals surface area contributed by atoms with E-state index in [0.29, 0.717) is 17.9 Å². The van der Waals surface area contributed by atoms with E-state index in [1.165, 1.54) is 0 Å². The molecule has 0 atom stereocenters. The van der Waals surface area contributed by atoms with Gasteiger partial charge in [0.2, 0.25) is 0 Å². The maximum atomic E-state index is 12.0. The predicted molar refractivity (Wildman–Crippen MR) is 74.9 cm³/mol. The Morgan fingerprint density at radius 3 is 3.00 bits per heavy atom. The van der Waals surface area contributed by atoms with Crippen molar-refractivity contribution in [1.82, 2.24) is 15.3 Å². The Hall–Kier alpha value is -2.58. The highest BCUT2D eigenvalue weighted by Gasteiger charge is 2.07. The third kappa shape index (κ3) is 3.46. The number of aryl methyl sites for hydroxylation is 1. The van der Waals surface area contributed by atoms with Gasteiger partial charge in [0.15, 0.2) is 0 Å². The number of H-pyrrole nitrogens is 1. The fourth-order valence-corrected chi connectivity index (χ4v) is 1.74. The number of rotatable bonds is 3. The van der Waals surface area contributed by atoms with Crippen molar-refractivity contribution in [3.8, 4) is 11.8 Å². The molecule has 1 heterocycles. The second-order valence-electron chi connectivity index (χ2n) is 4.21. The van der Waals surface area contributed by atoms with Crippen LogP contribution < -0.4 is 5.32 Å². The van der Waals surface area contributed by atoms with Crippen molar-refractivity contribution in [3.05, 3.63) is 53.1 Å². The van der Waals surface area contributed by atoms with Gasteiger partial charge < -0.3 is 15.4 Å². The molecule has 0 aliphatic rings. The third-order valence-corrected chi connectivity index (χ3v) is 2.76. The lowest BCUT2D eigenvalue weighted by Gasteiger charge is -2.05. The number of nitrogens with zero attached hydrogens (tertiary/aromatic N) is 1. The zero-order chi connectivity index (χ0) is 14.4. The number of aliphatic hydroxyl groups excluding tert-OH is 1. The highest BCUT2D eigenvalue weighted by Crippen LogP contribution is 2.10. The van der Waals surface area contributed by atoms with Crippen LogP contribution in [-0.2, 0) is 6.54 Å². The van der Waals surface area contributed by atoms with E-state index >= 15 is 0 Å². The maximum Gasteiger partial charge on any atom is 0.251 e. The Balaban J connectivity index is 2.05. The first-order chi connectivity index (χ1) is 9.70. The molecule has 3 N–H and O–H groups in total. The van der Waals surface area contributed by atoms with E-state index in [2.05, 4.69) is 27.1 Å². The molecule has 102 valence electrons. The van der Waals surface area contributed by atoms with Crippen LogP contribution in [0.15, 0.2) is 30.6 Å². The van der Waals surface area contributed by atoms with Crippen LogP contribution in [0.25, 0.3) is 0 Å². The van der Waals surface area contributed by atoms with E-state index in [9.17, 15) is 4.79 Å². The summed E-state index contributed by atoms with van der Waals surface area (Å²) in [6.07, 6.45) is 3.35. The minimum Gasteiger partial charge on any atom is -0.384 e. The molecule has 2 rings (SSSR count). The average molecular weight is 269 g/mol. The molecule has 1 aromatic carbocycles. The van der Waals surface area contributed by atoms with Gasteiger partial charge in [-0.25, -0.2) is 4.98 Å². The van der Waals surface area contributed by atoms with Crippen molar-refractivity contribution in [2.45, 2.75) is 13.5 Å². The summed E-state index contributed by atoms with van der Waals surface area (Å²) in [5.41, 5.74) is 2.28. The molecule has 5 nitrogen and oxygen atoms in total. The number of aromatic nitrogens is 2. The SMILES string of the molecule is Cc1cc(C(=O)NCc2ncc[nH]2)ccc1C#CCO. The van der Waals surface area contributed by atoms with Crippen LogP contribution in [0.2, 0.25) is 0 Å². The molecule has 0 saturated carbocycles. The molecular formula is C15H15N3O2. The fraction of sp³-hybridized carbons (Fsp3) is 0.200. The third-order valence-electron chi connectivity index (χ3n) is 2.76. The van der Waals surface area contributed by atoms with Gasteiger partial charge in [0.25, 0.3) is 5.91 Å². The molecule has 0 aliphatic carbocycles. The quantitative estimate of drug-likeness (QED) is 0.727. The lowest BCUT2D eigenvalue weighted by atomic mass is 10.0. The summed E-state index contributed by atoms with van der Waals surface area (Å²) in [7, 11) is 0. The van der Waals surface area contributed by atoms with Gasteiger partial charge in [0.1, 0.15) is 12.4 Å². The van der Waals surface area contributed by atoms with Crippen molar-refractivity contribution in [1.29, 1.82) is 0 Å². The standard InChI is InChI=1S/C15H15N3O2/c1-11-9-13(5-4-12(11)3-2-8-19)15(20)18-10-14-16-6-7-17-14/h4-7,9,19H,8,10H2,1H3,(H,16,17)(H,18,20). The number of carbonyl (C=O) groups excluding carboxylic acids is 1. The smallest absolute Gasteiger partial charge is 0.251 e. The molecule has 1 aromatic heterocycles. The first-order valence-electron chi connectivity index (χ1n) is 6.17. The van der Waals surface area contributed by atoms with Gasteiger partial charge in [-0.05, 0) is 30.7 Å². The molecule has 0 bridgehead atoms. The van der Waals surface area contributed by atoms with Crippen molar-refractivity contribution >= 4 is 5.91 Å². The lowest BCUT2D eigenvalue weighted by molar-refractivity contribution is 0.0950. The number of hydrogen-bond acceptors (Lipinski definition) is 3. The highest BCUT2D eigenvalue weighted by atomic mass is 16.2.